The average molecular weight is 338 g/mol. The van der Waals surface area contributed by atoms with Gasteiger partial charge in [-0.05, 0) is 44.0 Å². The van der Waals surface area contributed by atoms with Crippen LogP contribution in [0.5, 0.6) is 0 Å². The third kappa shape index (κ3) is 3.67. The molecule has 0 fully saturated rings. The van der Waals surface area contributed by atoms with Crippen LogP contribution in [-0.4, -0.2) is 9.78 Å². The SMILES string of the molecule is C=C/C(=C\C=C/C)Cn1nc(C)c(-c2ccc(C#N)c(Cl)c2)c1C. The van der Waals surface area contributed by atoms with Gasteiger partial charge in [0.05, 0.1) is 22.8 Å². The van der Waals surface area contributed by atoms with Gasteiger partial charge in [0, 0.05) is 11.3 Å². The Balaban J connectivity index is 2.44. The Kier molecular flexibility index (Phi) is 5.78. The molecule has 24 heavy (non-hydrogen) atoms. The molecule has 0 amide bonds. The van der Waals surface area contributed by atoms with Gasteiger partial charge >= 0.3 is 0 Å². The van der Waals surface area contributed by atoms with Gasteiger partial charge in [0.1, 0.15) is 6.07 Å². The molecule has 0 saturated heterocycles. The molecule has 0 aliphatic carbocycles. The quantitative estimate of drug-likeness (QED) is 0.687. The van der Waals surface area contributed by atoms with E-state index in [0.29, 0.717) is 17.1 Å². The highest BCUT2D eigenvalue weighted by Crippen LogP contribution is 2.30. The van der Waals surface area contributed by atoms with Crippen LogP contribution in [0.4, 0.5) is 0 Å². The lowest BCUT2D eigenvalue weighted by Crippen LogP contribution is -2.04. The van der Waals surface area contributed by atoms with Gasteiger partial charge in [-0.2, -0.15) is 10.4 Å². The summed E-state index contributed by atoms with van der Waals surface area (Å²) < 4.78 is 1.97. The van der Waals surface area contributed by atoms with Gasteiger partial charge in [-0.15, -0.1) is 0 Å². The van der Waals surface area contributed by atoms with Gasteiger partial charge in [-0.1, -0.05) is 48.6 Å². The van der Waals surface area contributed by atoms with Crippen LogP contribution in [0.1, 0.15) is 23.9 Å². The minimum atomic E-state index is 0.460. The van der Waals surface area contributed by atoms with E-state index in [-0.39, 0.29) is 0 Å². The predicted molar refractivity (Wildman–Crippen MR) is 100.0 cm³/mol. The Bertz CT molecular complexity index is 864. The first-order valence-electron chi connectivity index (χ1n) is 7.70. The van der Waals surface area contributed by atoms with Crippen molar-refractivity contribution < 1.29 is 0 Å². The lowest BCUT2D eigenvalue weighted by Gasteiger charge is -2.07. The van der Waals surface area contributed by atoms with Crippen molar-refractivity contribution in [1.29, 1.82) is 5.26 Å². The molecule has 3 nitrogen and oxygen atoms in total. The molecule has 0 radical (unpaired) electrons. The Morgan fingerprint density at radius 3 is 2.75 bits per heavy atom. The van der Waals surface area contributed by atoms with E-state index in [2.05, 4.69) is 17.7 Å². The summed E-state index contributed by atoms with van der Waals surface area (Å²) in [5.41, 5.74) is 5.58. The minimum absolute atomic E-state index is 0.460. The van der Waals surface area contributed by atoms with Crippen molar-refractivity contribution >= 4 is 11.6 Å². The number of aromatic nitrogens is 2. The van der Waals surface area contributed by atoms with Gasteiger partial charge < -0.3 is 0 Å². The lowest BCUT2D eigenvalue weighted by atomic mass is 10.0. The molecule has 2 aromatic rings. The van der Waals surface area contributed by atoms with Crippen molar-refractivity contribution in [3.05, 3.63) is 76.6 Å². The second-order valence-corrected chi connectivity index (χ2v) is 5.89. The molecule has 0 saturated carbocycles. The molecule has 1 aromatic carbocycles. The largest absolute Gasteiger partial charge is 0.265 e. The Morgan fingerprint density at radius 1 is 1.42 bits per heavy atom. The number of rotatable bonds is 5. The molecule has 0 atom stereocenters. The second kappa shape index (κ2) is 7.81. The highest BCUT2D eigenvalue weighted by atomic mass is 35.5. The molecule has 2 rings (SSSR count). The standard InChI is InChI=1S/C20H20ClN3/c1-5-7-8-16(6-2)13-24-15(4)20(14(3)23-24)17-9-10-18(12-22)19(21)11-17/h5-11H,2,13H2,1,3-4H3/b7-5-,16-8+. The molecule has 0 bridgehead atoms. The van der Waals surface area contributed by atoms with Crippen LogP contribution in [0.2, 0.25) is 5.02 Å². The highest BCUT2D eigenvalue weighted by molar-refractivity contribution is 6.32. The number of halogens is 1. The van der Waals surface area contributed by atoms with Gasteiger partial charge in [-0.25, -0.2) is 0 Å². The number of hydrogen-bond acceptors (Lipinski definition) is 2. The molecule has 0 aliphatic heterocycles. The third-order valence-corrected chi connectivity index (χ3v) is 4.17. The van der Waals surface area contributed by atoms with Crippen molar-refractivity contribution in [2.24, 2.45) is 0 Å². The summed E-state index contributed by atoms with van der Waals surface area (Å²) in [6.45, 7) is 10.5. The summed E-state index contributed by atoms with van der Waals surface area (Å²) in [5, 5.41) is 14.1. The first-order chi connectivity index (χ1) is 11.5. The van der Waals surface area contributed by atoms with Gasteiger partial charge in [0.25, 0.3) is 0 Å². The summed E-state index contributed by atoms with van der Waals surface area (Å²) in [4.78, 5) is 0. The first kappa shape index (κ1) is 17.8. The predicted octanol–water partition coefficient (Wildman–Crippen LogP) is 5.38. The summed E-state index contributed by atoms with van der Waals surface area (Å²) in [6, 6.07) is 7.57. The molecule has 122 valence electrons. The smallest absolute Gasteiger partial charge is 0.101 e. The van der Waals surface area contributed by atoms with E-state index < -0.39 is 0 Å². The number of hydrogen-bond donors (Lipinski definition) is 0. The van der Waals surface area contributed by atoms with E-state index in [1.807, 2.05) is 61.9 Å². The van der Waals surface area contributed by atoms with Crippen LogP contribution in [0.15, 0.2) is 54.7 Å². The van der Waals surface area contributed by atoms with Crippen molar-refractivity contribution in [2.75, 3.05) is 0 Å². The third-order valence-electron chi connectivity index (χ3n) is 3.86. The molecule has 0 spiro atoms. The van der Waals surface area contributed by atoms with Crippen LogP contribution < -0.4 is 0 Å². The van der Waals surface area contributed by atoms with Crippen LogP contribution >= 0.6 is 11.6 Å². The molecule has 4 heteroatoms. The molecule has 1 aromatic heterocycles. The first-order valence-corrected chi connectivity index (χ1v) is 8.08. The zero-order valence-corrected chi connectivity index (χ0v) is 14.9. The van der Waals surface area contributed by atoms with Crippen LogP contribution in [-0.2, 0) is 6.54 Å². The maximum absolute atomic E-state index is 9.02. The van der Waals surface area contributed by atoms with Crippen LogP contribution in [0.25, 0.3) is 11.1 Å². The molecule has 0 N–H and O–H groups in total. The van der Waals surface area contributed by atoms with Crippen LogP contribution in [0, 0.1) is 25.2 Å². The van der Waals surface area contributed by atoms with E-state index in [4.69, 9.17) is 16.9 Å². The molecule has 0 aliphatic rings. The molecular formula is C20H20ClN3. The van der Waals surface area contributed by atoms with Gasteiger partial charge in [-0.3, -0.25) is 4.68 Å². The molecular weight excluding hydrogens is 318 g/mol. The van der Waals surface area contributed by atoms with Crippen molar-refractivity contribution in [3.63, 3.8) is 0 Å². The second-order valence-electron chi connectivity index (χ2n) is 5.48. The van der Waals surface area contributed by atoms with Crippen molar-refractivity contribution in [3.8, 4) is 17.2 Å². The fourth-order valence-electron chi connectivity index (χ4n) is 2.61. The zero-order chi connectivity index (χ0) is 17.7. The highest BCUT2D eigenvalue weighted by Gasteiger charge is 2.15. The molecule has 0 unspecified atom stereocenters. The lowest BCUT2D eigenvalue weighted by molar-refractivity contribution is 0.658. The summed E-state index contributed by atoms with van der Waals surface area (Å²) in [7, 11) is 0. The van der Waals surface area contributed by atoms with Crippen LogP contribution in [0.3, 0.4) is 0 Å². The average Bonchev–Trinajstić information content (AvgIpc) is 2.85. The number of benzene rings is 1. The normalized spacial score (nSPS) is 11.7. The van der Waals surface area contributed by atoms with Gasteiger partial charge in [0.15, 0.2) is 0 Å². The van der Waals surface area contributed by atoms with E-state index in [1.165, 1.54) is 0 Å². The summed E-state index contributed by atoms with van der Waals surface area (Å²) in [6.07, 6.45) is 7.84. The van der Waals surface area contributed by atoms with E-state index in [0.717, 1.165) is 28.1 Å². The van der Waals surface area contributed by atoms with Crippen molar-refractivity contribution in [1.82, 2.24) is 9.78 Å². The number of aryl methyl sites for hydroxylation is 1. The topological polar surface area (TPSA) is 41.6 Å². The Hall–Kier alpha value is -2.57. The molecule has 1 heterocycles. The van der Waals surface area contributed by atoms with Gasteiger partial charge in [0.2, 0.25) is 0 Å². The van der Waals surface area contributed by atoms with Crippen molar-refractivity contribution in [2.45, 2.75) is 27.3 Å². The Labute approximate surface area is 148 Å². The maximum atomic E-state index is 9.02. The summed E-state index contributed by atoms with van der Waals surface area (Å²) in [5.74, 6) is 0. The van der Waals surface area contributed by atoms with E-state index in [9.17, 15) is 0 Å². The minimum Gasteiger partial charge on any atom is -0.265 e. The number of nitrogens with zero attached hydrogens (tertiary/aromatic N) is 3. The fraction of sp³-hybridized carbons (Fsp3) is 0.200. The fourth-order valence-corrected chi connectivity index (χ4v) is 2.83. The maximum Gasteiger partial charge on any atom is 0.101 e. The number of allylic oxidation sites excluding steroid dienone is 5. The Morgan fingerprint density at radius 2 is 2.17 bits per heavy atom. The zero-order valence-electron chi connectivity index (χ0n) is 14.2. The monoisotopic (exact) mass is 337 g/mol. The van der Waals surface area contributed by atoms with E-state index in [1.54, 1.807) is 6.07 Å². The number of nitriles is 1. The summed E-state index contributed by atoms with van der Waals surface area (Å²) >= 11 is 6.18. The van der Waals surface area contributed by atoms with E-state index >= 15 is 0 Å².